The molecule has 0 bridgehead atoms. The summed E-state index contributed by atoms with van der Waals surface area (Å²) in [6.45, 7) is 6.82. The summed E-state index contributed by atoms with van der Waals surface area (Å²) in [4.78, 5) is 11.7. The molecular formula is C20H36O3. The molecule has 0 heterocycles. The minimum absolute atomic E-state index is 0.299. The van der Waals surface area contributed by atoms with Crippen molar-refractivity contribution in [2.75, 3.05) is 13.2 Å². The fourth-order valence-electron chi connectivity index (χ4n) is 2.42. The number of esters is 1. The van der Waals surface area contributed by atoms with Crippen molar-refractivity contribution in [2.24, 2.45) is 0 Å². The van der Waals surface area contributed by atoms with Crippen molar-refractivity contribution in [1.82, 2.24) is 0 Å². The van der Waals surface area contributed by atoms with Crippen molar-refractivity contribution in [3.8, 4) is 11.8 Å². The van der Waals surface area contributed by atoms with E-state index in [2.05, 4.69) is 18.8 Å². The third kappa shape index (κ3) is 14.3. The Morgan fingerprint density at radius 2 is 1.43 bits per heavy atom. The van der Waals surface area contributed by atoms with Crippen molar-refractivity contribution < 1.29 is 14.3 Å². The van der Waals surface area contributed by atoms with Crippen LogP contribution in [0, 0.1) is 11.8 Å². The molecule has 1 atom stereocenters. The second kappa shape index (κ2) is 17.3. The molecule has 0 spiro atoms. The largest absolute Gasteiger partial charge is 0.464 e. The molecule has 0 N–H and O–H groups in total. The zero-order valence-corrected chi connectivity index (χ0v) is 15.5. The maximum absolute atomic E-state index is 11.7. The van der Waals surface area contributed by atoms with Crippen molar-refractivity contribution >= 4 is 5.97 Å². The van der Waals surface area contributed by atoms with Crippen LogP contribution >= 0.6 is 0 Å². The van der Waals surface area contributed by atoms with Crippen LogP contribution in [0.3, 0.4) is 0 Å². The first-order valence-electron chi connectivity index (χ1n) is 9.50. The third-order valence-electron chi connectivity index (χ3n) is 3.74. The molecule has 0 saturated carbocycles. The molecule has 0 aromatic rings. The van der Waals surface area contributed by atoms with E-state index in [0.717, 1.165) is 12.8 Å². The van der Waals surface area contributed by atoms with Gasteiger partial charge in [-0.15, -0.1) is 5.92 Å². The molecule has 0 aromatic heterocycles. The normalized spacial score (nSPS) is 11.6. The first-order valence-corrected chi connectivity index (χ1v) is 9.50. The van der Waals surface area contributed by atoms with Gasteiger partial charge in [0.1, 0.15) is 0 Å². The van der Waals surface area contributed by atoms with Crippen LogP contribution in [0.2, 0.25) is 0 Å². The van der Waals surface area contributed by atoms with Gasteiger partial charge < -0.3 is 9.47 Å². The van der Waals surface area contributed by atoms with Gasteiger partial charge in [-0.1, -0.05) is 64.2 Å². The molecular weight excluding hydrogens is 288 g/mol. The van der Waals surface area contributed by atoms with Gasteiger partial charge in [0, 0.05) is 19.4 Å². The lowest BCUT2D eigenvalue weighted by Crippen LogP contribution is -2.26. The van der Waals surface area contributed by atoms with E-state index in [-0.39, 0.29) is 5.97 Å². The Kier molecular flexibility index (Phi) is 16.6. The van der Waals surface area contributed by atoms with Gasteiger partial charge >= 0.3 is 5.97 Å². The quantitative estimate of drug-likeness (QED) is 0.248. The average molecular weight is 325 g/mol. The molecule has 3 heteroatoms. The number of rotatable bonds is 14. The molecule has 0 saturated heterocycles. The number of unbranched alkanes of at least 4 members (excludes halogenated alkanes) is 9. The summed E-state index contributed by atoms with van der Waals surface area (Å²) in [7, 11) is 0. The lowest BCUT2D eigenvalue weighted by atomic mass is 10.1. The summed E-state index contributed by atoms with van der Waals surface area (Å²) in [5.41, 5.74) is 0. The standard InChI is InChI=1S/C20H36O3/c1-4-7-8-9-10-11-12-13-14-15-16-17-18-19(22-5-2)20(21)23-6-3/h19H,4-15,18H2,1-3H3. The summed E-state index contributed by atoms with van der Waals surface area (Å²) in [5.74, 6) is 5.91. The van der Waals surface area contributed by atoms with Crippen LogP contribution in [-0.4, -0.2) is 25.3 Å². The molecule has 0 amide bonds. The highest BCUT2D eigenvalue weighted by Gasteiger charge is 2.18. The smallest absolute Gasteiger partial charge is 0.336 e. The van der Waals surface area contributed by atoms with Crippen LogP contribution < -0.4 is 0 Å². The highest BCUT2D eigenvalue weighted by Crippen LogP contribution is 2.10. The van der Waals surface area contributed by atoms with Gasteiger partial charge in [0.15, 0.2) is 6.10 Å². The predicted octanol–water partition coefficient (Wildman–Crippen LogP) is 5.27. The Labute approximate surface area is 143 Å². The van der Waals surface area contributed by atoms with E-state index in [1.165, 1.54) is 51.4 Å². The monoisotopic (exact) mass is 324 g/mol. The van der Waals surface area contributed by atoms with E-state index >= 15 is 0 Å². The van der Waals surface area contributed by atoms with Crippen molar-refractivity contribution in [3.05, 3.63) is 0 Å². The topological polar surface area (TPSA) is 35.5 Å². The van der Waals surface area contributed by atoms with Gasteiger partial charge in [-0.05, 0) is 20.3 Å². The van der Waals surface area contributed by atoms with Gasteiger partial charge in [0.2, 0.25) is 0 Å². The van der Waals surface area contributed by atoms with Crippen LogP contribution in [0.15, 0.2) is 0 Å². The van der Waals surface area contributed by atoms with Crippen LogP contribution in [0.1, 0.15) is 91.4 Å². The van der Waals surface area contributed by atoms with Gasteiger partial charge in [-0.25, -0.2) is 4.79 Å². The van der Waals surface area contributed by atoms with Gasteiger partial charge in [0.05, 0.1) is 6.61 Å². The van der Waals surface area contributed by atoms with Crippen molar-refractivity contribution in [2.45, 2.75) is 97.5 Å². The fourth-order valence-corrected chi connectivity index (χ4v) is 2.42. The van der Waals surface area contributed by atoms with Crippen LogP contribution in [0.4, 0.5) is 0 Å². The number of hydrogen-bond acceptors (Lipinski definition) is 3. The van der Waals surface area contributed by atoms with Gasteiger partial charge in [-0.2, -0.15) is 0 Å². The Bertz CT molecular complexity index is 328. The van der Waals surface area contributed by atoms with Crippen molar-refractivity contribution in [3.63, 3.8) is 0 Å². The van der Waals surface area contributed by atoms with E-state index in [4.69, 9.17) is 9.47 Å². The molecule has 0 radical (unpaired) electrons. The summed E-state index contributed by atoms with van der Waals surface area (Å²) >= 11 is 0. The van der Waals surface area contributed by atoms with Gasteiger partial charge in [0.25, 0.3) is 0 Å². The summed E-state index contributed by atoms with van der Waals surface area (Å²) in [6, 6.07) is 0. The molecule has 0 aliphatic heterocycles. The Balaban J connectivity index is 3.60. The van der Waals surface area contributed by atoms with E-state index < -0.39 is 6.10 Å². The molecule has 23 heavy (non-hydrogen) atoms. The van der Waals surface area contributed by atoms with Crippen LogP contribution in [-0.2, 0) is 14.3 Å². The fraction of sp³-hybridized carbons (Fsp3) is 0.850. The lowest BCUT2D eigenvalue weighted by molar-refractivity contribution is -0.156. The molecule has 0 aliphatic rings. The summed E-state index contributed by atoms with van der Waals surface area (Å²) in [6.07, 6.45) is 12.8. The zero-order chi connectivity index (χ0) is 17.2. The maximum atomic E-state index is 11.7. The molecule has 0 aliphatic carbocycles. The highest BCUT2D eigenvalue weighted by molar-refractivity contribution is 5.75. The Hall–Kier alpha value is -1.01. The molecule has 134 valence electrons. The van der Waals surface area contributed by atoms with E-state index in [9.17, 15) is 4.79 Å². The maximum Gasteiger partial charge on any atom is 0.336 e. The Morgan fingerprint density at radius 3 is 2.00 bits per heavy atom. The minimum Gasteiger partial charge on any atom is -0.464 e. The molecule has 0 rings (SSSR count). The second-order valence-corrected chi connectivity index (χ2v) is 5.83. The third-order valence-corrected chi connectivity index (χ3v) is 3.74. The number of carbonyl (C=O) groups excluding carboxylic acids is 1. The van der Waals surface area contributed by atoms with E-state index in [0.29, 0.717) is 19.6 Å². The lowest BCUT2D eigenvalue weighted by Gasteiger charge is -2.12. The predicted molar refractivity (Wildman–Crippen MR) is 96.3 cm³/mol. The highest BCUT2D eigenvalue weighted by atomic mass is 16.6. The number of ether oxygens (including phenoxy) is 2. The molecule has 3 nitrogen and oxygen atoms in total. The van der Waals surface area contributed by atoms with E-state index in [1.54, 1.807) is 6.92 Å². The average Bonchev–Trinajstić information content (AvgIpc) is 2.55. The molecule has 0 aromatic carbocycles. The first-order chi connectivity index (χ1) is 11.3. The summed E-state index contributed by atoms with van der Waals surface area (Å²) < 4.78 is 10.4. The first kappa shape index (κ1) is 22.0. The van der Waals surface area contributed by atoms with E-state index in [1.807, 2.05) is 6.92 Å². The second-order valence-electron chi connectivity index (χ2n) is 5.83. The molecule has 0 fully saturated rings. The minimum atomic E-state index is -0.532. The zero-order valence-electron chi connectivity index (χ0n) is 15.5. The van der Waals surface area contributed by atoms with Gasteiger partial charge in [-0.3, -0.25) is 0 Å². The van der Waals surface area contributed by atoms with Crippen LogP contribution in [0.25, 0.3) is 0 Å². The Morgan fingerprint density at radius 1 is 0.826 bits per heavy atom. The summed E-state index contributed by atoms with van der Waals surface area (Å²) in [5, 5.41) is 0. The SMILES string of the molecule is CCCCCCCCCCCC#CCC(OCC)C(=O)OCC. The van der Waals surface area contributed by atoms with Crippen molar-refractivity contribution in [1.29, 1.82) is 0 Å². The molecule has 1 unspecified atom stereocenters. The van der Waals surface area contributed by atoms with Crippen LogP contribution in [0.5, 0.6) is 0 Å². The number of hydrogen-bond donors (Lipinski definition) is 0. The number of carbonyl (C=O) groups is 1.